The first-order chi connectivity index (χ1) is 12.1. The largest absolute Gasteiger partial charge is 0.382 e. The molecule has 0 bridgehead atoms. The first kappa shape index (κ1) is 22.0. The summed E-state index contributed by atoms with van der Waals surface area (Å²) in [4.78, 5) is 0. The van der Waals surface area contributed by atoms with Crippen LogP contribution in [0.15, 0.2) is 30.3 Å². The van der Waals surface area contributed by atoms with Crippen molar-refractivity contribution in [2.45, 2.75) is 96.1 Å². The molecule has 0 radical (unpaired) electrons. The van der Waals surface area contributed by atoms with E-state index >= 15 is 0 Å². The van der Waals surface area contributed by atoms with Crippen LogP contribution < -0.4 is 4.18 Å². The van der Waals surface area contributed by atoms with Crippen LogP contribution in [-0.2, 0) is 10.1 Å². The summed E-state index contributed by atoms with van der Waals surface area (Å²) in [5, 5.41) is -0.401. The minimum absolute atomic E-state index is 0.401. The normalized spacial score (nSPS) is 12.9. The first-order valence-corrected chi connectivity index (χ1v) is 11.6. The Morgan fingerprint density at radius 2 is 1.32 bits per heavy atom. The van der Waals surface area contributed by atoms with E-state index in [0.29, 0.717) is 18.6 Å². The predicted octanol–water partition coefficient (Wildman–Crippen LogP) is 6.48. The van der Waals surface area contributed by atoms with Gasteiger partial charge in [0, 0.05) is 0 Å². The van der Waals surface area contributed by atoms with Crippen molar-refractivity contribution in [2.75, 3.05) is 0 Å². The van der Waals surface area contributed by atoms with Crippen LogP contribution in [0.3, 0.4) is 0 Å². The van der Waals surface area contributed by atoms with E-state index in [4.69, 9.17) is 4.18 Å². The second-order valence-corrected chi connectivity index (χ2v) is 8.71. The number of benzene rings is 1. The Balaban J connectivity index is 2.19. The number of unbranched alkanes of at least 4 members (excludes halogenated alkanes) is 9. The molecule has 0 spiro atoms. The molecule has 0 fully saturated rings. The molecule has 0 saturated heterocycles. The average molecular weight is 369 g/mol. The van der Waals surface area contributed by atoms with E-state index in [-0.39, 0.29) is 0 Å². The van der Waals surface area contributed by atoms with E-state index in [2.05, 4.69) is 6.92 Å². The number of hydrogen-bond acceptors (Lipinski definition) is 3. The highest BCUT2D eigenvalue weighted by atomic mass is 32.2. The van der Waals surface area contributed by atoms with Crippen molar-refractivity contribution in [1.29, 1.82) is 0 Å². The monoisotopic (exact) mass is 368 g/mol. The smallest absolute Gasteiger partial charge is 0.312 e. The Bertz CT molecular complexity index is 525. The number of para-hydroxylation sites is 1. The van der Waals surface area contributed by atoms with Gasteiger partial charge in [0.1, 0.15) is 5.75 Å². The fourth-order valence-corrected chi connectivity index (χ4v) is 4.47. The summed E-state index contributed by atoms with van der Waals surface area (Å²) in [7, 11) is -3.54. The fourth-order valence-electron chi connectivity index (χ4n) is 3.09. The van der Waals surface area contributed by atoms with Crippen LogP contribution in [0, 0.1) is 0 Å². The summed E-state index contributed by atoms with van der Waals surface area (Å²) in [5.74, 6) is 0.407. The van der Waals surface area contributed by atoms with Crippen LogP contribution in [0.1, 0.15) is 90.9 Å². The SMILES string of the molecule is CCCCCCCCCCCCC(CC)S(=O)(=O)Oc1ccccc1. The van der Waals surface area contributed by atoms with Crippen LogP contribution >= 0.6 is 0 Å². The lowest BCUT2D eigenvalue weighted by molar-refractivity contribution is 0.456. The van der Waals surface area contributed by atoms with Gasteiger partial charge in [0.05, 0.1) is 5.25 Å². The maximum absolute atomic E-state index is 12.4. The predicted molar refractivity (Wildman–Crippen MR) is 107 cm³/mol. The van der Waals surface area contributed by atoms with Gasteiger partial charge in [0.15, 0.2) is 0 Å². The molecule has 1 atom stereocenters. The number of rotatable bonds is 15. The van der Waals surface area contributed by atoms with E-state index in [9.17, 15) is 8.42 Å². The Kier molecular flexibility index (Phi) is 11.6. The molecule has 1 rings (SSSR count). The highest BCUT2D eigenvalue weighted by Gasteiger charge is 2.25. The third-order valence-corrected chi connectivity index (χ3v) is 6.51. The third kappa shape index (κ3) is 9.88. The van der Waals surface area contributed by atoms with Gasteiger partial charge in [-0.15, -0.1) is 0 Å². The Morgan fingerprint density at radius 3 is 1.84 bits per heavy atom. The summed E-state index contributed by atoms with van der Waals surface area (Å²) >= 11 is 0. The van der Waals surface area contributed by atoms with Crippen molar-refractivity contribution in [3.8, 4) is 5.75 Å². The van der Waals surface area contributed by atoms with E-state index in [1.807, 2.05) is 13.0 Å². The molecular formula is C21H36O3S. The van der Waals surface area contributed by atoms with Gasteiger partial charge in [-0.1, -0.05) is 96.3 Å². The molecule has 0 aromatic heterocycles. The fraction of sp³-hybridized carbons (Fsp3) is 0.714. The van der Waals surface area contributed by atoms with Crippen molar-refractivity contribution in [3.63, 3.8) is 0 Å². The quantitative estimate of drug-likeness (QED) is 0.263. The molecule has 3 nitrogen and oxygen atoms in total. The summed E-state index contributed by atoms with van der Waals surface area (Å²) in [6.07, 6.45) is 13.9. The van der Waals surface area contributed by atoms with Gasteiger partial charge in [-0.3, -0.25) is 0 Å². The van der Waals surface area contributed by atoms with Crippen LogP contribution in [0.25, 0.3) is 0 Å². The van der Waals surface area contributed by atoms with Crippen molar-refractivity contribution < 1.29 is 12.6 Å². The molecule has 1 aromatic carbocycles. The molecule has 0 aliphatic heterocycles. The zero-order valence-electron chi connectivity index (χ0n) is 16.1. The molecular weight excluding hydrogens is 332 g/mol. The second kappa shape index (κ2) is 13.2. The van der Waals surface area contributed by atoms with E-state index in [1.54, 1.807) is 24.3 Å². The van der Waals surface area contributed by atoms with Gasteiger partial charge < -0.3 is 4.18 Å². The number of hydrogen-bond donors (Lipinski definition) is 0. The molecule has 1 aromatic rings. The summed E-state index contributed by atoms with van der Waals surface area (Å²) in [6, 6.07) is 8.79. The lowest BCUT2D eigenvalue weighted by Crippen LogP contribution is -2.25. The molecule has 1 unspecified atom stereocenters. The van der Waals surface area contributed by atoms with Crippen LogP contribution in [-0.4, -0.2) is 13.7 Å². The highest BCUT2D eigenvalue weighted by molar-refractivity contribution is 7.87. The maximum Gasteiger partial charge on any atom is 0.312 e. The molecule has 0 aliphatic rings. The molecule has 144 valence electrons. The highest BCUT2D eigenvalue weighted by Crippen LogP contribution is 2.21. The van der Waals surface area contributed by atoms with Crippen molar-refractivity contribution in [2.24, 2.45) is 0 Å². The maximum atomic E-state index is 12.4. The molecule has 0 amide bonds. The molecule has 0 heterocycles. The second-order valence-electron chi connectivity index (χ2n) is 6.89. The Labute approximate surface area is 155 Å². The zero-order chi connectivity index (χ0) is 18.4. The van der Waals surface area contributed by atoms with Gasteiger partial charge in [0.2, 0.25) is 0 Å². The first-order valence-electron chi connectivity index (χ1n) is 10.1. The van der Waals surface area contributed by atoms with Gasteiger partial charge in [-0.05, 0) is 25.0 Å². The minimum Gasteiger partial charge on any atom is -0.382 e. The lowest BCUT2D eigenvalue weighted by Gasteiger charge is -2.16. The minimum atomic E-state index is -3.54. The molecule has 4 heteroatoms. The Hall–Kier alpha value is -1.03. The van der Waals surface area contributed by atoms with Crippen molar-refractivity contribution in [1.82, 2.24) is 0 Å². The standard InChI is InChI=1S/C21H36O3S/c1-3-5-6-7-8-9-10-11-12-16-19-21(4-2)25(22,23)24-20-17-14-13-15-18-20/h13-15,17-18,21H,3-12,16,19H2,1-2H3. The molecule has 0 N–H and O–H groups in total. The van der Waals surface area contributed by atoms with Crippen LogP contribution in [0.5, 0.6) is 5.75 Å². The molecule has 0 saturated carbocycles. The average Bonchev–Trinajstić information content (AvgIpc) is 2.60. The van der Waals surface area contributed by atoms with E-state index in [1.165, 1.54) is 51.4 Å². The molecule has 0 aliphatic carbocycles. The van der Waals surface area contributed by atoms with Crippen molar-refractivity contribution in [3.05, 3.63) is 30.3 Å². The lowest BCUT2D eigenvalue weighted by atomic mass is 10.0. The molecule has 25 heavy (non-hydrogen) atoms. The van der Waals surface area contributed by atoms with Gasteiger partial charge in [-0.2, -0.15) is 8.42 Å². The van der Waals surface area contributed by atoms with Crippen molar-refractivity contribution >= 4 is 10.1 Å². The van der Waals surface area contributed by atoms with Gasteiger partial charge in [-0.25, -0.2) is 0 Å². The van der Waals surface area contributed by atoms with Gasteiger partial charge >= 0.3 is 10.1 Å². The van der Waals surface area contributed by atoms with Crippen LogP contribution in [0.4, 0.5) is 0 Å². The zero-order valence-corrected chi connectivity index (χ0v) is 16.9. The topological polar surface area (TPSA) is 43.4 Å². The van der Waals surface area contributed by atoms with Gasteiger partial charge in [0.25, 0.3) is 0 Å². The van der Waals surface area contributed by atoms with Crippen LogP contribution in [0.2, 0.25) is 0 Å². The Morgan fingerprint density at radius 1 is 0.800 bits per heavy atom. The summed E-state index contributed by atoms with van der Waals surface area (Å²) in [5.41, 5.74) is 0. The van der Waals surface area contributed by atoms with E-state index < -0.39 is 15.4 Å². The van der Waals surface area contributed by atoms with E-state index in [0.717, 1.165) is 12.8 Å². The summed E-state index contributed by atoms with van der Waals surface area (Å²) in [6.45, 7) is 4.17. The third-order valence-electron chi connectivity index (χ3n) is 4.70. The summed E-state index contributed by atoms with van der Waals surface area (Å²) < 4.78 is 30.1.